The van der Waals surface area contributed by atoms with E-state index < -0.39 is 0 Å². The van der Waals surface area contributed by atoms with Crippen LogP contribution in [0, 0.1) is 12.8 Å². The Bertz CT molecular complexity index is 590. The first-order valence-electron chi connectivity index (χ1n) is 8.47. The first-order chi connectivity index (χ1) is 11.3. The molecule has 0 N–H and O–H groups in total. The van der Waals surface area contributed by atoms with Gasteiger partial charge in [-0.15, -0.1) is 11.3 Å². The van der Waals surface area contributed by atoms with E-state index in [-0.39, 0.29) is 12.0 Å². The summed E-state index contributed by atoms with van der Waals surface area (Å²) >= 11 is 1.48. The van der Waals surface area contributed by atoms with Gasteiger partial charge in [-0.2, -0.15) is 0 Å². The van der Waals surface area contributed by atoms with Crippen molar-refractivity contribution < 1.29 is 14.3 Å². The SMILES string of the molecule is Cc1nc(C(C)C)sc1C(=O)N1CCN(C(=O)OCC(C)C)CC1. The lowest BCUT2D eigenvalue weighted by molar-refractivity contribution is 0.0538. The smallest absolute Gasteiger partial charge is 0.409 e. The molecule has 0 radical (unpaired) electrons. The summed E-state index contributed by atoms with van der Waals surface area (Å²) in [5.41, 5.74) is 0.799. The summed E-state index contributed by atoms with van der Waals surface area (Å²) in [5.74, 6) is 0.663. The normalized spacial score (nSPS) is 15.3. The summed E-state index contributed by atoms with van der Waals surface area (Å²) in [7, 11) is 0. The Hall–Kier alpha value is -1.63. The standard InChI is InChI=1S/C17H27N3O3S/c1-11(2)10-23-17(22)20-8-6-19(7-9-20)16(21)14-13(5)18-15(24-14)12(3)4/h11-12H,6-10H2,1-5H3. The third-order valence-corrected chi connectivity index (χ3v) is 5.31. The highest BCUT2D eigenvalue weighted by atomic mass is 32.1. The third kappa shape index (κ3) is 4.47. The molecule has 1 aliphatic heterocycles. The number of nitrogens with zero attached hydrogens (tertiary/aromatic N) is 3. The lowest BCUT2D eigenvalue weighted by atomic mass is 10.2. The van der Waals surface area contributed by atoms with Crippen molar-refractivity contribution in [3.63, 3.8) is 0 Å². The Morgan fingerprint density at radius 2 is 1.71 bits per heavy atom. The first-order valence-corrected chi connectivity index (χ1v) is 9.29. The number of ether oxygens (including phenoxy) is 1. The molecule has 0 bridgehead atoms. The van der Waals surface area contributed by atoms with Gasteiger partial charge >= 0.3 is 6.09 Å². The van der Waals surface area contributed by atoms with Crippen LogP contribution in [0.5, 0.6) is 0 Å². The Labute approximate surface area is 147 Å². The molecule has 24 heavy (non-hydrogen) atoms. The van der Waals surface area contributed by atoms with E-state index in [9.17, 15) is 9.59 Å². The van der Waals surface area contributed by atoms with Gasteiger partial charge in [0.1, 0.15) is 4.88 Å². The number of hydrogen-bond acceptors (Lipinski definition) is 5. The average molecular weight is 353 g/mol. The van der Waals surface area contributed by atoms with Crippen LogP contribution in [0.15, 0.2) is 0 Å². The Kier molecular flexibility index (Phi) is 6.21. The van der Waals surface area contributed by atoms with E-state index in [4.69, 9.17) is 4.74 Å². The molecule has 1 aliphatic rings. The Morgan fingerprint density at radius 3 is 2.21 bits per heavy atom. The van der Waals surface area contributed by atoms with Crippen molar-refractivity contribution in [1.29, 1.82) is 0 Å². The van der Waals surface area contributed by atoms with Crippen LogP contribution < -0.4 is 0 Å². The maximum absolute atomic E-state index is 12.7. The highest BCUT2D eigenvalue weighted by molar-refractivity contribution is 7.13. The van der Waals surface area contributed by atoms with Crippen molar-refractivity contribution in [1.82, 2.24) is 14.8 Å². The van der Waals surface area contributed by atoms with Gasteiger partial charge in [-0.3, -0.25) is 4.79 Å². The van der Waals surface area contributed by atoms with Crippen LogP contribution in [0.1, 0.15) is 54.0 Å². The molecule has 6 nitrogen and oxygen atoms in total. The summed E-state index contributed by atoms with van der Waals surface area (Å²) in [6, 6.07) is 0. The molecule has 1 aromatic heterocycles. The summed E-state index contributed by atoms with van der Waals surface area (Å²) in [6.07, 6.45) is -0.285. The van der Waals surface area contributed by atoms with Crippen LogP contribution in [0.25, 0.3) is 0 Å². The van der Waals surface area contributed by atoms with Gasteiger partial charge in [-0.1, -0.05) is 27.7 Å². The number of amides is 2. The van der Waals surface area contributed by atoms with Gasteiger partial charge in [0, 0.05) is 32.1 Å². The number of carbonyl (C=O) groups excluding carboxylic acids is 2. The Balaban J connectivity index is 1.92. The summed E-state index contributed by atoms with van der Waals surface area (Å²) in [5, 5.41) is 0.992. The van der Waals surface area contributed by atoms with Crippen LogP contribution >= 0.6 is 11.3 Å². The van der Waals surface area contributed by atoms with Gasteiger partial charge in [0.2, 0.25) is 0 Å². The quantitative estimate of drug-likeness (QED) is 0.834. The van der Waals surface area contributed by atoms with Crippen molar-refractivity contribution in [3.8, 4) is 0 Å². The predicted octanol–water partition coefficient (Wildman–Crippen LogP) is 3.13. The maximum atomic E-state index is 12.7. The van der Waals surface area contributed by atoms with E-state index in [0.717, 1.165) is 15.6 Å². The number of piperazine rings is 1. The zero-order valence-electron chi connectivity index (χ0n) is 15.2. The molecule has 1 fully saturated rings. The zero-order chi connectivity index (χ0) is 17.9. The lowest BCUT2D eigenvalue weighted by Gasteiger charge is -2.34. The minimum Gasteiger partial charge on any atom is -0.449 e. The molecule has 0 aromatic carbocycles. The summed E-state index contributed by atoms with van der Waals surface area (Å²) in [4.78, 5) is 33.4. The zero-order valence-corrected chi connectivity index (χ0v) is 16.0. The molecule has 1 aromatic rings. The van der Waals surface area contributed by atoms with Crippen molar-refractivity contribution in [2.45, 2.75) is 40.5 Å². The predicted molar refractivity (Wildman–Crippen MR) is 94.6 cm³/mol. The van der Waals surface area contributed by atoms with E-state index in [1.54, 1.807) is 9.80 Å². The number of aryl methyl sites for hydroxylation is 1. The fourth-order valence-electron chi connectivity index (χ4n) is 2.43. The van der Waals surface area contributed by atoms with Gasteiger partial charge in [-0.05, 0) is 12.8 Å². The molecular weight excluding hydrogens is 326 g/mol. The molecule has 0 atom stereocenters. The number of aromatic nitrogens is 1. The van der Waals surface area contributed by atoms with Crippen LogP contribution in [0.2, 0.25) is 0 Å². The minimum atomic E-state index is -0.285. The summed E-state index contributed by atoms with van der Waals surface area (Å²) in [6.45, 7) is 12.6. The fourth-order valence-corrected chi connectivity index (χ4v) is 3.46. The van der Waals surface area contributed by atoms with E-state index in [2.05, 4.69) is 18.8 Å². The lowest BCUT2D eigenvalue weighted by Crippen LogP contribution is -2.50. The van der Waals surface area contributed by atoms with Crippen molar-refractivity contribution in [2.24, 2.45) is 5.92 Å². The molecule has 0 aliphatic carbocycles. The van der Waals surface area contributed by atoms with E-state index in [1.807, 2.05) is 20.8 Å². The maximum Gasteiger partial charge on any atom is 0.409 e. The van der Waals surface area contributed by atoms with Crippen LogP contribution in [-0.2, 0) is 4.74 Å². The van der Waals surface area contributed by atoms with Crippen molar-refractivity contribution >= 4 is 23.3 Å². The van der Waals surface area contributed by atoms with E-state index >= 15 is 0 Å². The van der Waals surface area contributed by atoms with Gasteiger partial charge < -0.3 is 14.5 Å². The molecule has 1 saturated heterocycles. The highest BCUT2D eigenvalue weighted by Crippen LogP contribution is 2.26. The average Bonchev–Trinajstić information content (AvgIpc) is 2.94. The molecule has 134 valence electrons. The topological polar surface area (TPSA) is 62.7 Å². The molecule has 2 rings (SSSR count). The van der Waals surface area contributed by atoms with Gasteiger partial charge in [-0.25, -0.2) is 9.78 Å². The summed E-state index contributed by atoms with van der Waals surface area (Å²) < 4.78 is 5.25. The van der Waals surface area contributed by atoms with Gasteiger partial charge in [0.25, 0.3) is 5.91 Å². The number of rotatable bonds is 4. The van der Waals surface area contributed by atoms with E-state index in [1.165, 1.54) is 11.3 Å². The molecule has 7 heteroatoms. The van der Waals surface area contributed by atoms with Gasteiger partial charge in [0.15, 0.2) is 0 Å². The molecule has 2 amide bonds. The van der Waals surface area contributed by atoms with Crippen LogP contribution in [0.3, 0.4) is 0 Å². The first kappa shape index (κ1) is 18.7. The van der Waals surface area contributed by atoms with Crippen LogP contribution in [0.4, 0.5) is 4.79 Å². The molecule has 0 spiro atoms. The van der Waals surface area contributed by atoms with E-state index in [0.29, 0.717) is 44.6 Å². The highest BCUT2D eigenvalue weighted by Gasteiger charge is 2.28. The fraction of sp³-hybridized carbons (Fsp3) is 0.706. The van der Waals surface area contributed by atoms with Crippen LogP contribution in [-0.4, -0.2) is 59.6 Å². The third-order valence-electron chi connectivity index (χ3n) is 3.87. The Morgan fingerprint density at radius 1 is 1.12 bits per heavy atom. The molecule has 0 unspecified atom stereocenters. The minimum absolute atomic E-state index is 0.0205. The second-order valence-corrected chi connectivity index (χ2v) is 7.90. The van der Waals surface area contributed by atoms with Crippen molar-refractivity contribution in [3.05, 3.63) is 15.6 Å². The monoisotopic (exact) mass is 353 g/mol. The number of carbonyl (C=O) groups is 2. The molecular formula is C17H27N3O3S. The second kappa shape index (κ2) is 7.96. The van der Waals surface area contributed by atoms with Gasteiger partial charge in [0.05, 0.1) is 17.3 Å². The van der Waals surface area contributed by atoms with Crippen molar-refractivity contribution in [2.75, 3.05) is 32.8 Å². The number of thiazole rings is 1. The molecule has 0 saturated carbocycles. The second-order valence-electron chi connectivity index (χ2n) is 6.87. The number of hydrogen-bond donors (Lipinski definition) is 0. The largest absolute Gasteiger partial charge is 0.449 e. The molecule has 2 heterocycles.